The Bertz CT molecular complexity index is 281. The van der Waals surface area contributed by atoms with Crippen LogP contribution in [-0.4, -0.2) is 12.1 Å². The van der Waals surface area contributed by atoms with Crippen LogP contribution in [0, 0.1) is 0 Å². The van der Waals surface area contributed by atoms with Crippen LogP contribution in [0.15, 0.2) is 21.7 Å². The van der Waals surface area contributed by atoms with Crippen molar-refractivity contribution in [3.05, 3.63) is 27.1 Å². The number of aromatic nitrogens is 1. The van der Waals surface area contributed by atoms with Gasteiger partial charge < -0.3 is 9.72 Å². The predicted octanol–water partition coefficient (Wildman–Crippen LogP) is 1.15. The summed E-state index contributed by atoms with van der Waals surface area (Å²) in [7, 11) is 1.45. The lowest BCUT2D eigenvalue weighted by Crippen LogP contribution is -2.04. The van der Waals surface area contributed by atoms with Crippen molar-refractivity contribution < 1.29 is 4.74 Å². The molecule has 0 spiro atoms. The van der Waals surface area contributed by atoms with Gasteiger partial charge in [-0.1, -0.05) is 0 Å². The van der Waals surface area contributed by atoms with Crippen LogP contribution in [0.5, 0.6) is 5.75 Å². The molecule has 10 heavy (non-hydrogen) atoms. The first-order valence-electron chi connectivity index (χ1n) is 2.67. The summed E-state index contributed by atoms with van der Waals surface area (Å²) in [5.74, 6) is 0.308. The Morgan fingerprint density at radius 2 is 2.40 bits per heavy atom. The Kier molecular flexibility index (Phi) is 2.11. The molecule has 0 aromatic carbocycles. The highest BCUT2D eigenvalue weighted by atomic mass is 79.9. The minimum absolute atomic E-state index is 0.131. The molecular formula is C6H6BrNO2. The number of hydrogen-bond donors (Lipinski definition) is 1. The zero-order valence-corrected chi connectivity index (χ0v) is 6.94. The molecule has 3 nitrogen and oxygen atoms in total. The first kappa shape index (κ1) is 7.34. The second kappa shape index (κ2) is 2.88. The fourth-order valence-corrected chi connectivity index (χ4v) is 1.12. The van der Waals surface area contributed by atoms with Crippen molar-refractivity contribution in [1.82, 2.24) is 4.98 Å². The Balaban J connectivity index is 3.31. The summed E-state index contributed by atoms with van der Waals surface area (Å²) in [5.41, 5.74) is -0.131. The number of halogens is 1. The van der Waals surface area contributed by atoms with Crippen molar-refractivity contribution in [3.63, 3.8) is 0 Å². The summed E-state index contributed by atoms with van der Waals surface area (Å²) in [4.78, 5) is 13.7. The first-order valence-corrected chi connectivity index (χ1v) is 3.46. The summed E-state index contributed by atoms with van der Waals surface area (Å²) in [5, 5.41) is 0. The van der Waals surface area contributed by atoms with Gasteiger partial charge in [0.05, 0.1) is 7.11 Å². The standard InChI is InChI=1S/C6H6BrNO2/c1-10-5-4(9)2-3-8-6(5)7/h2-3H,1H3,(H,8,9). The van der Waals surface area contributed by atoms with Crippen LogP contribution in [0.1, 0.15) is 0 Å². The van der Waals surface area contributed by atoms with Crippen molar-refractivity contribution in [2.75, 3.05) is 7.11 Å². The first-order chi connectivity index (χ1) is 4.75. The zero-order valence-electron chi connectivity index (χ0n) is 5.35. The van der Waals surface area contributed by atoms with Gasteiger partial charge in [-0.3, -0.25) is 4.79 Å². The van der Waals surface area contributed by atoms with Crippen LogP contribution in [0.3, 0.4) is 0 Å². The van der Waals surface area contributed by atoms with E-state index in [9.17, 15) is 4.79 Å². The van der Waals surface area contributed by atoms with Crippen LogP contribution in [0.25, 0.3) is 0 Å². The summed E-state index contributed by atoms with van der Waals surface area (Å²) >= 11 is 3.13. The highest BCUT2D eigenvalue weighted by molar-refractivity contribution is 9.10. The number of nitrogens with one attached hydrogen (secondary N) is 1. The molecule has 1 rings (SSSR count). The maximum atomic E-state index is 10.9. The van der Waals surface area contributed by atoms with Crippen LogP contribution in [-0.2, 0) is 0 Å². The lowest BCUT2D eigenvalue weighted by atomic mass is 10.4. The van der Waals surface area contributed by atoms with E-state index in [-0.39, 0.29) is 5.43 Å². The molecule has 0 bridgehead atoms. The number of aromatic amines is 1. The molecule has 1 N–H and O–H groups in total. The number of ether oxygens (including phenoxy) is 1. The number of methoxy groups -OCH3 is 1. The lowest BCUT2D eigenvalue weighted by Gasteiger charge is -1.98. The van der Waals surface area contributed by atoms with Gasteiger partial charge in [0.1, 0.15) is 4.60 Å². The van der Waals surface area contributed by atoms with Gasteiger partial charge in [0, 0.05) is 12.3 Å². The Morgan fingerprint density at radius 1 is 1.70 bits per heavy atom. The van der Waals surface area contributed by atoms with E-state index >= 15 is 0 Å². The van der Waals surface area contributed by atoms with Gasteiger partial charge in [-0.25, -0.2) is 0 Å². The average molecular weight is 204 g/mol. The highest BCUT2D eigenvalue weighted by Crippen LogP contribution is 2.14. The maximum Gasteiger partial charge on any atom is 0.224 e. The fourth-order valence-electron chi connectivity index (χ4n) is 0.630. The normalized spacial score (nSPS) is 9.40. The van der Waals surface area contributed by atoms with E-state index in [1.54, 1.807) is 6.20 Å². The van der Waals surface area contributed by atoms with Crippen molar-refractivity contribution in [3.8, 4) is 5.75 Å². The van der Waals surface area contributed by atoms with Crippen LogP contribution in [0.2, 0.25) is 0 Å². The Labute approximate surface area is 66.2 Å². The molecule has 0 saturated heterocycles. The molecule has 1 aromatic rings. The summed E-state index contributed by atoms with van der Waals surface area (Å²) in [6.07, 6.45) is 1.55. The van der Waals surface area contributed by atoms with Crippen LogP contribution in [0.4, 0.5) is 0 Å². The molecule has 0 saturated carbocycles. The maximum absolute atomic E-state index is 10.9. The molecule has 0 aliphatic carbocycles. The number of hydrogen-bond acceptors (Lipinski definition) is 2. The molecule has 1 aromatic heterocycles. The second-order valence-electron chi connectivity index (χ2n) is 1.69. The van der Waals surface area contributed by atoms with E-state index in [0.717, 1.165) is 0 Å². The molecule has 1 heterocycles. The molecular weight excluding hydrogens is 198 g/mol. The van der Waals surface area contributed by atoms with Gasteiger partial charge in [0.25, 0.3) is 0 Å². The smallest absolute Gasteiger partial charge is 0.224 e. The van der Waals surface area contributed by atoms with Crippen LogP contribution < -0.4 is 10.2 Å². The average Bonchev–Trinajstić information content (AvgIpc) is 1.88. The Hall–Kier alpha value is -0.770. The third-order valence-electron chi connectivity index (χ3n) is 1.07. The van der Waals surface area contributed by atoms with Crippen molar-refractivity contribution in [2.45, 2.75) is 0 Å². The van der Waals surface area contributed by atoms with Crippen LogP contribution >= 0.6 is 15.9 Å². The molecule has 4 heteroatoms. The highest BCUT2D eigenvalue weighted by Gasteiger charge is 2.01. The minimum atomic E-state index is -0.131. The van der Waals surface area contributed by atoms with Gasteiger partial charge in [-0.2, -0.15) is 0 Å². The number of H-pyrrole nitrogens is 1. The molecule has 0 atom stereocenters. The monoisotopic (exact) mass is 203 g/mol. The predicted molar refractivity (Wildman–Crippen MR) is 41.3 cm³/mol. The van der Waals surface area contributed by atoms with Gasteiger partial charge in [0.2, 0.25) is 5.43 Å². The SMILES string of the molecule is COc1c(Br)[nH]ccc1=O. The van der Waals surface area contributed by atoms with E-state index in [2.05, 4.69) is 20.9 Å². The second-order valence-corrected chi connectivity index (χ2v) is 2.48. The molecule has 54 valence electrons. The van der Waals surface area contributed by atoms with Crippen molar-refractivity contribution >= 4 is 15.9 Å². The van der Waals surface area contributed by atoms with Crippen molar-refractivity contribution in [1.29, 1.82) is 0 Å². The quantitative estimate of drug-likeness (QED) is 0.697. The number of pyridine rings is 1. The summed E-state index contributed by atoms with van der Waals surface area (Å²) in [6, 6.07) is 1.41. The molecule has 0 radical (unpaired) electrons. The van der Waals surface area contributed by atoms with E-state index in [1.165, 1.54) is 13.2 Å². The summed E-state index contributed by atoms with van der Waals surface area (Å²) < 4.78 is 5.36. The minimum Gasteiger partial charge on any atom is -0.490 e. The molecule has 0 unspecified atom stereocenters. The van der Waals surface area contributed by atoms with Gasteiger partial charge in [-0.15, -0.1) is 0 Å². The third-order valence-corrected chi connectivity index (χ3v) is 1.66. The van der Waals surface area contributed by atoms with Crippen molar-refractivity contribution in [2.24, 2.45) is 0 Å². The van der Waals surface area contributed by atoms with E-state index in [0.29, 0.717) is 10.4 Å². The third kappa shape index (κ3) is 1.21. The lowest BCUT2D eigenvalue weighted by molar-refractivity contribution is 0.406. The molecule has 0 aliphatic heterocycles. The Morgan fingerprint density at radius 3 is 2.80 bits per heavy atom. The molecule has 0 amide bonds. The van der Waals surface area contributed by atoms with E-state index in [4.69, 9.17) is 4.74 Å². The van der Waals surface area contributed by atoms with E-state index < -0.39 is 0 Å². The van der Waals surface area contributed by atoms with E-state index in [1.807, 2.05) is 0 Å². The van der Waals surface area contributed by atoms with Gasteiger partial charge >= 0.3 is 0 Å². The van der Waals surface area contributed by atoms with Gasteiger partial charge in [-0.05, 0) is 15.9 Å². The fraction of sp³-hybridized carbons (Fsp3) is 0.167. The topological polar surface area (TPSA) is 42.1 Å². The molecule has 0 fully saturated rings. The van der Waals surface area contributed by atoms with Gasteiger partial charge in [0.15, 0.2) is 5.75 Å². The number of rotatable bonds is 1. The zero-order chi connectivity index (χ0) is 7.56. The summed E-state index contributed by atoms with van der Waals surface area (Å²) in [6.45, 7) is 0. The molecule has 0 aliphatic rings. The largest absolute Gasteiger partial charge is 0.490 e.